The van der Waals surface area contributed by atoms with Crippen LogP contribution in [0.1, 0.15) is 114 Å². The first-order valence-electron chi connectivity index (χ1n) is 14.0. The summed E-state index contributed by atoms with van der Waals surface area (Å²) in [5, 5.41) is 0. The molecule has 0 aromatic heterocycles. The molecule has 0 atom stereocenters. The molecule has 0 N–H and O–H groups in total. The Balaban J connectivity index is 1.17. The molecule has 0 saturated heterocycles. The first-order valence-corrected chi connectivity index (χ1v) is 14.0. The Morgan fingerprint density at radius 1 is 0.688 bits per heavy atom. The molecule has 2 aliphatic carbocycles. The van der Waals surface area contributed by atoms with Gasteiger partial charge in [-0.1, -0.05) is 101 Å². The lowest BCUT2D eigenvalue weighted by Gasteiger charge is -2.29. The molecule has 1 nitrogen and oxygen atoms in total. The minimum atomic E-state index is 0.723. The van der Waals surface area contributed by atoms with E-state index in [1.807, 2.05) is 0 Å². The van der Waals surface area contributed by atoms with Gasteiger partial charge in [-0.05, 0) is 80.2 Å². The fourth-order valence-corrected chi connectivity index (χ4v) is 6.35. The van der Waals surface area contributed by atoms with Gasteiger partial charge in [0.1, 0.15) is 0 Å². The number of benzene rings is 1. The fraction of sp³-hybridized carbons (Fsp3) is 0.742. The number of hydrogen-bond acceptors (Lipinski definition) is 1. The Morgan fingerprint density at radius 3 is 1.66 bits per heavy atom. The molecule has 0 unspecified atom stereocenters. The fourth-order valence-electron chi connectivity index (χ4n) is 6.35. The summed E-state index contributed by atoms with van der Waals surface area (Å²) in [7, 11) is 1.76. The molecule has 1 aromatic carbocycles. The Hall–Kier alpha value is -1.08. The molecule has 32 heavy (non-hydrogen) atoms. The quantitative estimate of drug-likeness (QED) is 0.220. The van der Waals surface area contributed by atoms with Crippen molar-refractivity contribution in [2.45, 2.75) is 116 Å². The van der Waals surface area contributed by atoms with E-state index < -0.39 is 0 Å². The second-order valence-electron chi connectivity index (χ2n) is 11.0. The molecule has 180 valence electrons. The number of methoxy groups -OCH3 is 1. The van der Waals surface area contributed by atoms with Crippen molar-refractivity contribution < 1.29 is 4.74 Å². The monoisotopic (exact) mass is 438 g/mol. The standard InChI is InChI=1S/C31H50O/c1-3-8-26-13-15-27(16-14-26)9-4-5-10-28-17-19-29(20-18-28)11-6-7-12-30-21-23-31(24-22-30)25-32-2/h3,8,21-24,26-29H,4-7,9-20,25H2,1-2H3. The van der Waals surface area contributed by atoms with E-state index in [1.165, 1.54) is 114 Å². The summed E-state index contributed by atoms with van der Waals surface area (Å²) in [6.07, 6.45) is 28.0. The van der Waals surface area contributed by atoms with Gasteiger partial charge in [-0.15, -0.1) is 0 Å². The van der Waals surface area contributed by atoms with Gasteiger partial charge >= 0.3 is 0 Å². The second kappa shape index (κ2) is 14.9. The number of aryl methyl sites for hydroxylation is 1. The largest absolute Gasteiger partial charge is 0.380 e. The molecule has 2 saturated carbocycles. The van der Waals surface area contributed by atoms with Gasteiger partial charge in [0.2, 0.25) is 0 Å². The van der Waals surface area contributed by atoms with Crippen molar-refractivity contribution in [3.05, 3.63) is 47.5 Å². The average molecular weight is 439 g/mol. The van der Waals surface area contributed by atoms with E-state index >= 15 is 0 Å². The van der Waals surface area contributed by atoms with Crippen molar-refractivity contribution in [1.82, 2.24) is 0 Å². The maximum atomic E-state index is 5.20. The molecule has 0 amide bonds. The molecular formula is C31H50O. The summed E-state index contributed by atoms with van der Waals surface area (Å²) < 4.78 is 5.20. The van der Waals surface area contributed by atoms with Crippen LogP contribution in [0.5, 0.6) is 0 Å². The molecule has 3 rings (SSSR count). The van der Waals surface area contributed by atoms with Gasteiger partial charge in [0.25, 0.3) is 0 Å². The highest BCUT2D eigenvalue weighted by atomic mass is 16.5. The zero-order valence-corrected chi connectivity index (χ0v) is 21.2. The van der Waals surface area contributed by atoms with Crippen molar-refractivity contribution in [3.63, 3.8) is 0 Å². The van der Waals surface area contributed by atoms with Gasteiger partial charge < -0.3 is 4.74 Å². The predicted molar refractivity (Wildman–Crippen MR) is 139 cm³/mol. The first-order chi connectivity index (χ1) is 15.8. The lowest BCUT2D eigenvalue weighted by atomic mass is 9.77. The molecule has 0 spiro atoms. The molecule has 1 aromatic rings. The van der Waals surface area contributed by atoms with Crippen LogP contribution in [0.25, 0.3) is 0 Å². The van der Waals surface area contributed by atoms with Crippen molar-refractivity contribution in [2.24, 2.45) is 23.7 Å². The number of rotatable bonds is 13. The summed E-state index contributed by atoms with van der Waals surface area (Å²) in [6, 6.07) is 9.01. The highest BCUT2D eigenvalue weighted by Gasteiger charge is 2.22. The number of allylic oxidation sites excluding steroid dienone is 2. The Labute approximate surface area is 199 Å². The van der Waals surface area contributed by atoms with Gasteiger partial charge in [0.15, 0.2) is 0 Å². The van der Waals surface area contributed by atoms with E-state index in [4.69, 9.17) is 4.74 Å². The highest BCUT2D eigenvalue weighted by molar-refractivity contribution is 5.22. The third-order valence-electron chi connectivity index (χ3n) is 8.46. The van der Waals surface area contributed by atoms with Crippen LogP contribution in [-0.2, 0) is 17.8 Å². The highest BCUT2D eigenvalue weighted by Crippen LogP contribution is 2.36. The van der Waals surface area contributed by atoms with Crippen LogP contribution >= 0.6 is 0 Å². The van der Waals surface area contributed by atoms with Gasteiger partial charge in [-0.2, -0.15) is 0 Å². The Kier molecular flexibility index (Phi) is 11.9. The minimum absolute atomic E-state index is 0.723. The second-order valence-corrected chi connectivity index (χ2v) is 11.0. The number of hydrogen-bond donors (Lipinski definition) is 0. The van der Waals surface area contributed by atoms with E-state index in [2.05, 4.69) is 43.3 Å². The normalized spacial score (nSPS) is 26.6. The van der Waals surface area contributed by atoms with Gasteiger partial charge in [0.05, 0.1) is 6.61 Å². The molecule has 2 aliphatic rings. The summed E-state index contributed by atoms with van der Waals surface area (Å²) >= 11 is 0. The maximum absolute atomic E-state index is 5.20. The maximum Gasteiger partial charge on any atom is 0.0713 e. The third kappa shape index (κ3) is 9.42. The van der Waals surface area contributed by atoms with Crippen LogP contribution in [0.4, 0.5) is 0 Å². The molecule has 0 heterocycles. The minimum Gasteiger partial charge on any atom is -0.380 e. The van der Waals surface area contributed by atoms with E-state index in [-0.39, 0.29) is 0 Å². The summed E-state index contributed by atoms with van der Waals surface area (Å²) in [5.74, 6) is 3.99. The van der Waals surface area contributed by atoms with Crippen molar-refractivity contribution >= 4 is 0 Å². The smallest absolute Gasteiger partial charge is 0.0713 e. The Morgan fingerprint density at radius 2 is 1.16 bits per heavy atom. The number of unbranched alkanes of at least 4 members (excludes halogenated alkanes) is 2. The molecule has 1 heteroatoms. The predicted octanol–water partition coefficient (Wildman–Crippen LogP) is 9.30. The van der Waals surface area contributed by atoms with Gasteiger partial charge in [-0.3, -0.25) is 0 Å². The van der Waals surface area contributed by atoms with Crippen LogP contribution in [0.15, 0.2) is 36.4 Å². The zero-order chi connectivity index (χ0) is 22.4. The van der Waals surface area contributed by atoms with Crippen molar-refractivity contribution in [3.8, 4) is 0 Å². The van der Waals surface area contributed by atoms with Gasteiger partial charge in [-0.25, -0.2) is 0 Å². The topological polar surface area (TPSA) is 9.23 Å². The van der Waals surface area contributed by atoms with E-state index in [0.717, 1.165) is 30.3 Å². The van der Waals surface area contributed by atoms with Crippen LogP contribution in [0.2, 0.25) is 0 Å². The molecular weight excluding hydrogens is 388 g/mol. The molecule has 0 aliphatic heterocycles. The lowest BCUT2D eigenvalue weighted by molar-refractivity contribution is 0.185. The SMILES string of the molecule is CC=CC1CCC(CCCCC2CCC(CCCCc3ccc(COC)cc3)CC2)CC1. The average Bonchev–Trinajstić information content (AvgIpc) is 2.83. The summed E-state index contributed by atoms with van der Waals surface area (Å²) in [6.45, 7) is 2.89. The molecule has 0 bridgehead atoms. The van der Waals surface area contributed by atoms with Gasteiger partial charge in [0, 0.05) is 7.11 Å². The van der Waals surface area contributed by atoms with E-state index in [0.29, 0.717) is 0 Å². The van der Waals surface area contributed by atoms with Crippen molar-refractivity contribution in [1.29, 1.82) is 0 Å². The van der Waals surface area contributed by atoms with E-state index in [9.17, 15) is 0 Å². The number of ether oxygens (including phenoxy) is 1. The van der Waals surface area contributed by atoms with Crippen LogP contribution in [0, 0.1) is 23.7 Å². The molecule has 2 fully saturated rings. The molecule has 0 radical (unpaired) electrons. The summed E-state index contributed by atoms with van der Waals surface area (Å²) in [4.78, 5) is 0. The van der Waals surface area contributed by atoms with Crippen LogP contribution in [0.3, 0.4) is 0 Å². The van der Waals surface area contributed by atoms with Crippen LogP contribution in [-0.4, -0.2) is 7.11 Å². The van der Waals surface area contributed by atoms with Crippen LogP contribution < -0.4 is 0 Å². The Bertz CT molecular complexity index is 614. The van der Waals surface area contributed by atoms with Crippen molar-refractivity contribution in [2.75, 3.05) is 7.11 Å². The zero-order valence-electron chi connectivity index (χ0n) is 21.2. The van der Waals surface area contributed by atoms with E-state index in [1.54, 1.807) is 7.11 Å². The third-order valence-corrected chi connectivity index (χ3v) is 8.46. The summed E-state index contributed by atoms with van der Waals surface area (Å²) in [5.41, 5.74) is 2.76. The lowest BCUT2D eigenvalue weighted by Crippen LogP contribution is -2.15. The first kappa shape index (κ1) is 25.5.